The molecule has 9 nitrogen and oxygen atoms in total. The van der Waals surface area contributed by atoms with Crippen LogP contribution in [0.25, 0.3) is 11.0 Å². The van der Waals surface area contributed by atoms with Gasteiger partial charge in [-0.25, -0.2) is 9.67 Å². The molecule has 9 heteroatoms. The van der Waals surface area contributed by atoms with Crippen molar-refractivity contribution in [3.8, 4) is 5.75 Å². The van der Waals surface area contributed by atoms with E-state index in [4.69, 9.17) is 9.72 Å². The predicted molar refractivity (Wildman–Crippen MR) is 127 cm³/mol. The standard InChI is InChI=1S/C24H31N7O2/c1-16(32)30-8-5-7-24(30,2)15-31-22-19(13-26-31)12-25-23(28-22)27-20-10-18-14-29(3)9-6-17(18)11-21(20)33-4/h10-13H,5-9,14-15H2,1-4H3,(H,25,27,28)/t24-/m0/s1. The van der Waals surface area contributed by atoms with Crippen molar-refractivity contribution >= 4 is 28.6 Å². The van der Waals surface area contributed by atoms with E-state index < -0.39 is 0 Å². The molecule has 1 fully saturated rings. The third-order valence-corrected chi connectivity index (χ3v) is 6.97. The van der Waals surface area contributed by atoms with Gasteiger partial charge < -0.3 is 19.9 Å². The summed E-state index contributed by atoms with van der Waals surface area (Å²) in [5, 5.41) is 8.79. The zero-order valence-corrected chi connectivity index (χ0v) is 19.8. The molecule has 0 unspecified atom stereocenters. The Morgan fingerprint density at radius 2 is 2.09 bits per heavy atom. The molecule has 2 aromatic heterocycles. The number of anilines is 2. The van der Waals surface area contributed by atoms with Gasteiger partial charge in [-0.15, -0.1) is 0 Å². The van der Waals surface area contributed by atoms with Crippen LogP contribution in [-0.2, 0) is 24.3 Å². The highest BCUT2D eigenvalue weighted by atomic mass is 16.5. The number of benzene rings is 1. The van der Waals surface area contributed by atoms with Crippen LogP contribution in [0, 0.1) is 0 Å². The maximum absolute atomic E-state index is 12.1. The quantitative estimate of drug-likeness (QED) is 0.641. The van der Waals surface area contributed by atoms with Crippen LogP contribution in [0.5, 0.6) is 5.75 Å². The van der Waals surface area contributed by atoms with Gasteiger partial charge in [-0.1, -0.05) is 0 Å². The lowest BCUT2D eigenvalue weighted by atomic mass is 9.99. The Labute approximate surface area is 193 Å². The van der Waals surface area contributed by atoms with Gasteiger partial charge in [0.05, 0.1) is 36.5 Å². The third-order valence-electron chi connectivity index (χ3n) is 6.97. The molecule has 174 valence electrons. The first-order valence-electron chi connectivity index (χ1n) is 11.5. The summed E-state index contributed by atoms with van der Waals surface area (Å²) in [4.78, 5) is 25.7. The van der Waals surface area contributed by atoms with E-state index in [9.17, 15) is 4.79 Å². The van der Waals surface area contributed by atoms with Crippen molar-refractivity contribution < 1.29 is 9.53 Å². The summed E-state index contributed by atoms with van der Waals surface area (Å²) >= 11 is 0. The fraction of sp³-hybridized carbons (Fsp3) is 0.500. The van der Waals surface area contributed by atoms with Gasteiger partial charge in [0.1, 0.15) is 5.75 Å². The summed E-state index contributed by atoms with van der Waals surface area (Å²) in [6.45, 7) is 7.11. The van der Waals surface area contributed by atoms with Gasteiger partial charge in [-0.2, -0.15) is 10.1 Å². The van der Waals surface area contributed by atoms with Crippen molar-refractivity contribution in [2.75, 3.05) is 32.6 Å². The second-order valence-corrected chi connectivity index (χ2v) is 9.48. The molecule has 0 radical (unpaired) electrons. The second-order valence-electron chi connectivity index (χ2n) is 9.48. The maximum atomic E-state index is 12.1. The summed E-state index contributed by atoms with van der Waals surface area (Å²) in [6, 6.07) is 4.25. The van der Waals surface area contributed by atoms with Crippen LogP contribution >= 0.6 is 0 Å². The summed E-state index contributed by atoms with van der Waals surface area (Å²) in [5.74, 6) is 1.38. The minimum absolute atomic E-state index is 0.105. The number of nitrogens with zero attached hydrogens (tertiary/aromatic N) is 6. The molecule has 1 saturated heterocycles. The number of amides is 1. The number of hydrogen-bond donors (Lipinski definition) is 1. The monoisotopic (exact) mass is 449 g/mol. The zero-order valence-electron chi connectivity index (χ0n) is 19.8. The molecule has 0 saturated carbocycles. The summed E-state index contributed by atoms with van der Waals surface area (Å²) in [5.41, 5.74) is 3.95. The lowest BCUT2D eigenvalue weighted by Gasteiger charge is -2.34. The predicted octanol–water partition coefficient (Wildman–Crippen LogP) is 2.97. The molecule has 1 amide bonds. The number of hydrogen-bond acceptors (Lipinski definition) is 7. The molecular weight excluding hydrogens is 418 g/mol. The van der Waals surface area contributed by atoms with Gasteiger partial charge in [-0.05, 0) is 56.5 Å². The minimum atomic E-state index is -0.267. The van der Waals surface area contributed by atoms with Crippen LogP contribution < -0.4 is 10.1 Å². The highest BCUT2D eigenvalue weighted by molar-refractivity contribution is 5.76. The number of aromatic nitrogens is 4. The minimum Gasteiger partial charge on any atom is -0.495 e. The van der Waals surface area contributed by atoms with Crippen molar-refractivity contribution in [2.24, 2.45) is 0 Å². The van der Waals surface area contributed by atoms with Crippen LogP contribution in [-0.4, -0.2) is 68.2 Å². The molecule has 2 aliphatic rings. The number of likely N-dealkylation sites (N-methyl/N-ethyl adjacent to an activating group) is 1. The van der Waals surface area contributed by atoms with Crippen LogP contribution in [0.3, 0.4) is 0 Å². The lowest BCUT2D eigenvalue weighted by molar-refractivity contribution is -0.132. The van der Waals surface area contributed by atoms with Gasteiger partial charge in [0, 0.05) is 32.8 Å². The highest BCUT2D eigenvalue weighted by Crippen LogP contribution is 2.34. The average molecular weight is 450 g/mol. The Morgan fingerprint density at radius 1 is 1.24 bits per heavy atom. The van der Waals surface area contributed by atoms with Crippen LogP contribution in [0.2, 0.25) is 0 Å². The largest absolute Gasteiger partial charge is 0.495 e. The first kappa shape index (κ1) is 21.6. The van der Waals surface area contributed by atoms with E-state index in [-0.39, 0.29) is 11.4 Å². The summed E-state index contributed by atoms with van der Waals surface area (Å²) in [6.07, 6.45) is 6.53. The summed E-state index contributed by atoms with van der Waals surface area (Å²) < 4.78 is 7.55. The van der Waals surface area contributed by atoms with E-state index in [0.29, 0.717) is 12.5 Å². The second kappa shape index (κ2) is 8.30. The Balaban J connectivity index is 1.45. The van der Waals surface area contributed by atoms with Crippen LogP contribution in [0.15, 0.2) is 24.5 Å². The summed E-state index contributed by atoms with van der Waals surface area (Å²) in [7, 11) is 3.82. The number of carbonyl (C=O) groups excluding carboxylic acids is 1. The lowest BCUT2D eigenvalue weighted by Crippen LogP contribution is -2.47. The van der Waals surface area contributed by atoms with Crippen molar-refractivity contribution in [1.29, 1.82) is 0 Å². The Hall–Kier alpha value is -3.20. The first-order valence-corrected chi connectivity index (χ1v) is 11.5. The topological polar surface area (TPSA) is 88.4 Å². The molecule has 0 aliphatic carbocycles. The fourth-order valence-electron chi connectivity index (χ4n) is 5.20. The van der Waals surface area contributed by atoms with Crippen LogP contribution in [0.4, 0.5) is 11.6 Å². The van der Waals surface area contributed by atoms with Gasteiger partial charge in [0.15, 0.2) is 5.65 Å². The normalized spacial score (nSPS) is 20.8. The molecule has 3 aromatic rings. The number of rotatable bonds is 5. The number of fused-ring (bicyclic) bond motifs is 2. The van der Waals surface area contributed by atoms with E-state index in [1.54, 1.807) is 26.4 Å². The Kier molecular flexibility index (Phi) is 5.44. The van der Waals surface area contributed by atoms with Crippen molar-refractivity contribution in [2.45, 2.75) is 51.7 Å². The molecule has 2 aliphatic heterocycles. The van der Waals surface area contributed by atoms with E-state index in [0.717, 1.165) is 61.4 Å². The number of methoxy groups -OCH3 is 1. The molecule has 0 spiro atoms. The van der Waals surface area contributed by atoms with Gasteiger partial charge >= 0.3 is 0 Å². The molecule has 5 rings (SSSR count). The van der Waals surface area contributed by atoms with Gasteiger partial charge in [0.2, 0.25) is 11.9 Å². The Morgan fingerprint density at radius 3 is 2.88 bits per heavy atom. The van der Waals surface area contributed by atoms with E-state index >= 15 is 0 Å². The molecule has 0 bridgehead atoms. The smallest absolute Gasteiger partial charge is 0.229 e. The SMILES string of the molecule is COc1cc2c(cc1Nc1ncc3cnn(C[C@]4(C)CCCN4C(C)=O)c3n1)CN(C)CC2. The van der Waals surface area contributed by atoms with Crippen LogP contribution in [0.1, 0.15) is 37.8 Å². The number of nitrogens with one attached hydrogen (secondary N) is 1. The molecule has 1 N–H and O–H groups in total. The van der Waals surface area contributed by atoms with Gasteiger partial charge in [0.25, 0.3) is 0 Å². The third kappa shape index (κ3) is 4.01. The van der Waals surface area contributed by atoms with Crippen molar-refractivity contribution in [3.63, 3.8) is 0 Å². The van der Waals surface area contributed by atoms with E-state index in [1.807, 2.05) is 9.58 Å². The molecule has 1 atom stereocenters. The van der Waals surface area contributed by atoms with E-state index in [1.165, 1.54) is 11.1 Å². The zero-order chi connectivity index (χ0) is 23.2. The first-order chi connectivity index (χ1) is 15.9. The fourth-order valence-corrected chi connectivity index (χ4v) is 5.20. The Bertz CT molecular complexity index is 1210. The molecule has 4 heterocycles. The molecule has 33 heavy (non-hydrogen) atoms. The van der Waals surface area contributed by atoms with Crippen molar-refractivity contribution in [3.05, 3.63) is 35.7 Å². The van der Waals surface area contributed by atoms with E-state index in [2.05, 4.69) is 46.4 Å². The molecule has 1 aromatic carbocycles. The van der Waals surface area contributed by atoms with Gasteiger partial charge in [-0.3, -0.25) is 4.79 Å². The van der Waals surface area contributed by atoms with Crippen molar-refractivity contribution in [1.82, 2.24) is 29.5 Å². The average Bonchev–Trinajstić information content (AvgIpc) is 3.36. The number of likely N-dealkylation sites (tertiary alicyclic amines) is 1. The number of carbonyl (C=O) groups is 1. The highest BCUT2D eigenvalue weighted by Gasteiger charge is 2.39. The number of ether oxygens (including phenoxy) is 1. The molecular formula is C24H31N7O2. The maximum Gasteiger partial charge on any atom is 0.229 e.